The maximum atomic E-state index is 11.1. The van der Waals surface area contributed by atoms with Gasteiger partial charge in [-0.2, -0.15) is 0 Å². The van der Waals surface area contributed by atoms with Crippen molar-refractivity contribution in [3.63, 3.8) is 0 Å². The van der Waals surface area contributed by atoms with Crippen molar-refractivity contribution in [2.45, 2.75) is 26.9 Å². The van der Waals surface area contributed by atoms with Gasteiger partial charge in [-0.15, -0.1) is 11.3 Å². The van der Waals surface area contributed by atoms with Gasteiger partial charge in [-0.1, -0.05) is 13.8 Å². The quantitative estimate of drug-likeness (QED) is 0.782. The number of aromatic carboxylic acids is 1. The molecule has 1 aromatic rings. The van der Waals surface area contributed by atoms with Gasteiger partial charge in [0.15, 0.2) is 0 Å². The van der Waals surface area contributed by atoms with Crippen LogP contribution < -0.4 is 0 Å². The van der Waals surface area contributed by atoms with Crippen molar-refractivity contribution in [3.05, 3.63) is 15.6 Å². The van der Waals surface area contributed by atoms with Crippen molar-refractivity contribution in [2.24, 2.45) is 0 Å². The van der Waals surface area contributed by atoms with Crippen LogP contribution in [0.2, 0.25) is 0 Å². The fourth-order valence-electron chi connectivity index (χ4n) is 1.70. The van der Waals surface area contributed by atoms with Crippen LogP contribution in [0, 0.1) is 0 Å². The monoisotopic (exact) mass is 272 g/mol. The molecule has 1 aromatic heterocycles. The molecule has 0 aliphatic rings. The molecule has 0 saturated carbocycles. The zero-order chi connectivity index (χ0) is 13.5. The molecule has 0 bridgehead atoms. The van der Waals surface area contributed by atoms with Gasteiger partial charge in [0, 0.05) is 20.1 Å². The van der Waals surface area contributed by atoms with Gasteiger partial charge in [0.2, 0.25) is 0 Å². The second kappa shape index (κ2) is 7.45. The highest BCUT2D eigenvalue weighted by atomic mass is 32.1. The first-order valence-electron chi connectivity index (χ1n) is 6.05. The first-order chi connectivity index (χ1) is 8.62. The van der Waals surface area contributed by atoms with E-state index in [1.54, 1.807) is 7.11 Å². The third-order valence-electron chi connectivity index (χ3n) is 2.75. The number of likely N-dealkylation sites (N-methyl/N-ethyl adjacent to an activating group) is 1. The predicted octanol–water partition coefficient (Wildman–Crippen LogP) is 1.87. The number of thiazole rings is 1. The van der Waals surface area contributed by atoms with Crippen molar-refractivity contribution in [2.75, 3.05) is 26.7 Å². The van der Waals surface area contributed by atoms with Crippen LogP contribution in [-0.2, 0) is 17.8 Å². The SMILES string of the molecule is CCN(CC)CCc1nc(COC)c(C(=O)O)s1. The zero-order valence-corrected chi connectivity index (χ0v) is 11.9. The molecule has 18 heavy (non-hydrogen) atoms. The summed E-state index contributed by atoms with van der Waals surface area (Å²) in [5, 5.41) is 9.95. The summed E-state index contributed by atoms with van der Waals surface area (Å²) in [6, 6.07) is 0. The zero-order valence-electron chi connectivity index (χ0n) is 11.1. The van der Waals surface area contributed by atoms with Gasteiger partial charge >= 0.3 is 5.97 Å². The highest BCUT2D eigenvalue weighted by molar-refractivity contribution is 7.13. The molecule has 0 fully saturated rings. The normalized spacial score (nSPS) is 11.1. The molecule has 1 rings (SSSR count). The molecule has 0 aliphatic carbocycles. The Morgan fingerprint density at radius 2 is 2.11 bits per heavy atom. The molecule has 1 N–H and O–H groups in total. The molecular weight excluding hydrogens is 252 g/mol. The minimum Gasteiger partial charge on any atom is -0.477 e. The Morgan fingerprint density at radius 1 is 1.44 bits per heavy atom. The Kier molecular flexibility index (Phi) is 6.24. The molecule has 1 heterocycles. The summed E-state index contributed by atoms with van der Waals surface area (Å²) in [7, 11) is 1.54. The number of rotatable bonds is 8. The maximum Gasteiger partial charge on any atom is 0.347 e. The Balaban J connectivity index is 2.72. The third kappa shape index (κ3) is 4.04. The standard InChI is InChI=1S/C12H20N2O3S/c1-4-14(5-2)7-6-10-13-9(8-17-3)11(18-10)12(15)16/h4-8H2,1-3H3,(H,15,16). The number of carboxylic acid groups (broad SMARTS) is 1. The lowest BCUT2D eigenvalue weighted by atomic mass is 10.3. The summed E-state index contributed by atoms with van der Waals surface area (Å²) in [4.78, 5) is 18.0. The first-order valence-corrected chi connectivity index (χ1v) is 6.87. The van der Waals surface area contributed by atoms with E-state index in [1.807, 2.05) is 0 Å². The summed E-state index contributed by atoms with van der Waals surface area (Å²) in [6.45, 7) is 7.39. The van der Waals surface area contributed by atoms with Crippen LogP contribution >= 0.6 is 11.3 Å². The topological polar surface area (TPSA) is 62.7 Å². The van der Waals surface area contributed by atoms with Gasteiger partial charge in [-0.05, 0) is 13.1 Å². The van der Waals surface area contributed by atoms with E-state index >= 15 is 0 Å². The van der Waals surface area contributed by atoms with Crippen LogP contribution in [0.4, 0.5) is 0 Å². The van der Waals surface area contributed by atoms with E-state index in [0.717, 1.165) is 31.1 Å². The van der Waals surface area contributed by atoms with Crippen molar-refractivity contribution in [1.29, 1.82) is 0 Å². The summed E-state index contributed by atoms with van der Waals surface area (Å²) in [6.07, 6.45) is 0.788. The molecule has 0 atom stereocenters. The van der Waals surface area contributed by atoms with E-state index in [1.165, 1.54) is 11.3 Å². The smallest absolute Gasteiger partial charge is 0.347 e. The first kappa shape index (κ1) is 15.1. The van der Waals surface area contributed by atoms with Crippen LogP contribution in [0.5, 0.6) is 0 Å². The molecule has 102 valence electrons. The van der Waals surface area contributed by atoms with Crippen molar-refractivity contribution < 1.29 is 14.6 Å². The second-order valence-electron chi connectivity index (χ2n) is 3.90. The number of carbonyl (C=O) groups is 1. The molecule has 5 nitrogen and oxygen atoms in total. The largest absolute Gasteiger partial charge is 0.477 e. The lowest BCUT2D eigenvalue weighted by molar-refractivity contribution is 0.0697. The van der Waals surface area contributed by atoms with Gasteiger partial charge in [0.05, 0.1) is 17.3 Å². The van der Waals surface area contributed by atoms with E-state index in [9.17, 15) is 4.79 Å². The lowest BCUT2D eigenvalue weighted by Gasteiger charge is -2.16. The molecule has 6 heteroatoms. The van der Waals surface area contributed by atoms with E-state index in [0.29, 0.717) is 10.6 Å². The Hall–Kier alpha value is -0.980. The Bertz CT molecular complexity index is 389. The van der Waals surface area contributed by atoms with Gasteiger partial charge in [0.25, 0.3) is 0 Å². The third-order valence-corrected chi connectivity index (χ3v) is 3.90. The summed E-state index contributed by atoms with van der Waals surface area (Å²) in [5.41, 5.74) is 0.532. The molecule has 0 radical (unpaired) electrons. The maximum absolute atomic E-state index is 11.1. The molecule has 0 amide bonds. The van der Waals surface area contributed by atoms with Gasteiger partial charge < -0.3 is 14.7 Å². The van der Waals surface area contributed by atoms with E-state index in [2.05, 4.69) is 23.7 Å². The fourth-order valence-corrected chi connectivity index (χ4v) is 2.60. The van der Waals surface area contributed by atoms with Crippen molar-refractivity contribution >= 4 is 17.3 Å². The summed E-state index contributed by atoms with van der Waals surface area (Å²) < 4.78 is 4.97. The average Bonchev–Trinajstić information content (AvgIpc) is 2.74. The highest BCUT2D eigenvalue weighted by Crippen LogP contribution is 2.20. The predicted molar refractivity (Wildman–Crippen MR) is 71.3 cm³/mol. The second-order valence-corrected chi connectivity index (χ2v) is 4.98. The molecule has 0 aromatic carbocycles. The highest BCUT2D eigenvalue weighted by Gasteiger charge is 2.17. The van der Waals surface area contributed by atoms with Gasteiger partial charge in [-0.3, -0.25) is 0 Å². The minimum atomic E-state index is -0.923. The lowest BCUT2D eigenvalue weighted by Crippen LogP contribution is -2.25. The van der Waals surface area contributed by atoms with Crippen LogP contribution in [0.1, 0.15) is 34.2 Å². The summed E-state index contributed by atoms with van der Waals surface area (Å²) >= 11 is 1.25. The molecule has 0 unspecified atom stereocenters. The van der Waals surface area contributed by atoms with Gasteiger partial charge in [0.1, 0.15) is 4.88 Å². The van der Waals surface area contributed by atoms with E-state index in [-0.39, 0.29) is 6.61 Å². The number of ether oxygens (including phenoxy) is 1. The molecule has 0 spiro atoms. The molecule has 0 saturated heterocycles. The van der Waals surface area contributed by atoms with Crippen LogP contribution in [0.25, 0.3) is 0 Å². The van der Waals surface area contributed by atoms with Crippen LogP contribution in [0.3, 0.4) is 0 Å². The summed E-state index contributed by atoms with van der Waals surface area (Å²) in [5.74, 6) is -0.923. The number of nitrogens with zero attached hydrogens (tertiary/aromatic N) is 2. The number of methoxy groups -OCH3 is 1. The van der Waals surface area contributed by atoms with E-state index in [4.69, 9.17) is 9.84 Å². The van der Waals surface area contributed by atoms with Crippen molar-refractivity contribution in [3.8, 4) is 0 Å². The Labute approximate surface area is 111 Å². The number of hydrogen-bond donors (Lipinski definition) is 1. The molecular formula is C12H20N2O3S. The van der Waals surface area contributed by atoms with Gasteiger partial charge in [-0.25, -0.2) is 9.78 Å². The molecule has 0 aliphatic heterocycles. The van der Waals surface area contributed by atoms with Crippen molar-refractivity contribution in [1.82, 2.24) is 9.88 Å². The number of hydrogen-bond acceptors (Lipinski definition) is 5. The van der Waals surface area contributed by atoms with Crippen LogP contribution in [-0.4, -0.2) is 47.7 Å². The fraction of sp³-hybridized carbons (Fsp3) is 0.667. The van der Waals surface area contributed by atoms with Crippen LogP contribution in [0.15, 0.2) is 0 Å². The number of aromatic nitrogens is 1. The Morgan fingerprint density at radius 3 is 2.61 bits per heavy atom. The number of carboxylic acids is 1. The van der Waals surface area contributed by atoms with E-state index < -0.39 is 5.97 Å². The minimum absolute atomic E-state index is 0.253. The average molecular weight is 272 g/mol.